The van der Waals surface area contributed by atoms with Crippen LogP contribution in [-0.4, -0.2) is 67.2 Å². The Morgan fingerprint density at radius 3 is 2.77 bits per heavy atom. The first kappa shape index (κ1) is 23.0. The summed E-state index contributed by atoms with van der Waals surface area (Å²) in [6, 6.07) is -0.0150. The molecule has 0 aromatic carbocycles. The first-order chi connectivity index (χ1) is 14.8. The van der Waals surface area contributed by atoms with Gasteiger partial charge in [-0.1, -0.05) is 19.0 Å². The van der Waals surface area contributed by atoms with Gasteiger partial charge in [0, 0.05) is 58.2 Å². The quantitative estimate of drug-likeness (QED) is 0.638. The van der Waals surface area contributed by atoms with E-state index >= 15 is 0 Å². The minimum atomic E-state index is -0.0150. The maximum Gasteiger partial charge on any atom is 0.257 e. The highest BCUT2D eigenvalue weighted by atomic mass is 16.5. The van der Waals surface area contributed by atoms with Crippen LogP contribution in [-0.2, 0) is 24.2 Å². The third-order valence-electron chi connectivity index (χ3n) is 5.70. The highest BCUT2D eigenvalue weighted by Crippen LogP contribution is 2.20. The summed E-state index contributed by atoms with van der Waals surface area (Å²) in [5, 5.41) is 8.44. The molecule has 9 nitrogen and oxygen atoms in total. The summed E-state index contributed by atoms with van der Waals surface area (Å²) >= 11 is 0. The van der Waals surface area contributed by atoms with Crippen molar-refractivity contribution >= 4 is 11.8 Å². The molecule has 0 aliphatic carbocycles. The second-order valence-electron chi connectivity index (χ2n) is 8.70. The lowest BCUT2D eigenvalue weighted by Gasteiger charge is -2.39. The van der Waals surface area contributed by atoms with Gasteiger partial charge in [-0.15, -0.1) is 0 Å². The second kappa shape index (κ2) is 10.1. The predicted molar refractivity (Wildman–Crippen MR) is 115 cm³/mol. The van der Waals surface area contributed by atoms with E-state index in [2.05, 4.69) is 29.1 Å². The molecule has 0 spiro atoms. The summed E-state index contributed by atoms with van der Waals surface area (Å²) in [7, 11) is 0. The van der Waals surface area contributed by atoms with Crippen LogP contribution in [0.25, 0.3) is 0 Å². The van der Waals surface area contributed by atoms with Crippen molar-refractivity contribution in [2.45, 2.75) is 72.9 Å². The van der Waals surface area contributed by atoms with Crippen LogP contribution in [0, 0.1) is 12.8 Å². The van der Waals surface area contributed by atoms with Crippen LogP contribution in [0.4, 0.5) is 0 Å². The van der Waals surface area contributed by atoms with Gasteiger partial charge in [0.1, 0.15) is 0 Å². The minimum absolute atomic E-state index is 0.000167. The molecule has 0 saturated carbocycles. The Labute approximate surface area is 183 Å². The van der Waals surface area contributed by atoms with Gasteiger partial charge < -0.3 is 14.3 Å². The number of piperidine rings is 1. The number of aromatic nitrogens is 4. The van der Waals surface area contributed by atoms with Crippen LogP contribution in [0.15, 0.2) is 10.7 Å². The van der Waals surface area contributed by atoms with Gasteiger partial charge in [-0.05, 0) is 32.6 Å². The van der Waals surface area contributed by atoms with Crippen molar-refractivity contribution in [3.63, 3.8) is 0 Å². The molecule has 1 saturated heterocycles. The Morgan fingerprint density at radius 2 is 2.13 bits per heavy atom. The van der Waals surface area contributed by atoms with E-state index in [1.165, 1.54) is 0 Å². The Kier molecular flexibility index (Phi) is 7.46. The molecule has 0 bridgehead atoms. The van der Waals surface area contributed by atoms with Crippen molar-refractivity contribution in [1.82, 2.24) is 29.7 Å². The molecule has 1 unspecified atom stereocenters. The van der Waals surface area contributed by atoms with Gasteiger partial charge in [0.05, 0.1) is 11.3 Å². The molecule has 2 aromatic heterocycles. The van der Waals surface area contributed by atoms with E-state index in [0.29, 0.717) is 49.3 Å². The summed E-state index contributed by atoms with van der Waals surface area (Å²) in [5.74, 6) is 1.69. The Balaban J connectivity index is 1.64. The summed E-state index contributed by atoms with van der Waals surface area (Å²) in [5.41, 5.74) is 1.38. The SMILES string of the molecule is CCn1cc(C(=O)N2CCCC(N(CCc3noc(CC(C)C)n3)C(C)=O)C2)c(C)n1. The Morgan fingerprint density at radius 1 is 1.35 bits per heavy atom. The summed E-state index contributed by atoms with van der Waals surface area (Å²) in [6.45, 7) is 12.1. The zero-order chi connectivity index (χ0) is 22.5. The predicted octanol–water partition coefficient (Wildman–Crippen LogP) is 2.49. The lowest BCUT2D eigenvalue weighted by Crippen LogP contribution is -2.51. The lowest BCUT2D eigenvalue weighted by atomic mass is 10.0. The summed E-state index contributed by atoms with van der Waals surface area (Å²) in [4.78, 5) is 33.6. The molecule has 1 aliphatic heterocycles. The van der Waals surface area contributed by atoms with Gasteiger partial charge in [-0.25, -0.2) is 0 Å². The monoisotopic (exact) mass is 430 g/mol. The van der Waals surface area contributed by atoms with Crippen LogP contribution < -0.4 is 0 Å². The summed E-state index contributed by atoms with van der Waals surface area (Å²) in [6.07, 6.45) is 4.84. The highest BCUT2D eigenvalue weighted by molar-refractivity contribution is 5.95. The van der Waals surface area contributed by atoms with Gasteiger partial charge in [-0.2, -0.15) is 10.1 Å². The zero-order valence-electron chi connectivity index (χ0n) is 19.3. The van der Waals surface area contributed by atoms with E-state index in [4.69, 9.17) is 4.52 Å². The van der Waals surface area contributed by atoms with Crippen LogP contribution >= 0.6 is 0 Å². The van der Waals surface area contributed by atoms with Crippen molar-refractivity contribution in [3.05, 3.63) is 29.2 Å². The number of hydrogen-bond acceptors (Lipinski definition) is 6. The normalized spacial score (nSPS) is 16.7. The first-order valence-electron chi connectivity index (χ1n) is 11.2. The van der Waals surface area contributed by atoms with Crippen molar-refractivity contribution in [2.75, 3.05) is 19.6 Å². The van der Waals surface area contributed by atoms with E-state index < -0.39 is 0 Å². The van der Waals surface area contributed by atoms with E-state index in [1.807, 2.05) is 29.8 Å². The smallest absolute Gasteiger partial charge is 0.257 e. The maximum atomic E-state index is 13.1. The fourth-order valence-corrected chi connectivity index (χ4v) is 4.10. The number of amides is 2. The van der Waals surface area contributed by atoms with Crippen LogP contribution in [0.1, 0.15) is 68.3 Å². The number of rotatable bonds is 8. The minimum Gasteiger partial charge on any atom is -0.339 e. The van der Waals surface area contributed by atoms with Gasteiger partial charge >= 0.3 is 0 Å². The largest absolute Gasteiger partial charge is 0.339 e. The van der Waals surface area contributed by atoms with E-state index in [9.17, 15) is 9.59 Å². The van der Waals surface area contributed by atoms with Crippen LogP contribution in [0.3, 0.4) is 0 Å². The number of likely N-dealkylation sites (tertiary alicyclic amines) is 1. The first-order valence-corrected chi connectivity index (χ1v) is 11.2. The standard InChI is InChI=1S/C22H34N6O3/c1-6-27-14-19(16(4)24-27)22(30)26-10-7-8-18(13-26)28(17(5)29)11-9-20-23-21(31-25-20)12-15(2)3/h14-15,18H,6-13H2,1-5H3. The molecule has 1 atom stereocenters. The van der Waals surface area contributed by atoms with Gasteiger partial charge in [0.25, 0.3) is 5.91 Å². The molecule has 170 valence electrons. The molecule has 0 radical (unpaired) electrons. The van der Waals surface area contributed by atoms with Gasteiger partial charge in [-0.3, -0.25) is 14.3 Å². The second-order valence-corrected chi connectivity index (χ2v) is 8.70. The molecule has 9 heteroatoms. The molecule has 3 heterocycles. The van der Waals surface area contributed by atoms with Crippen molar-refractivity contribution in [2.24, 2.45) is 5.92 Å². The molecule has 1 fully saturated rings. The average Bonchev–Trinajstić information content (AvgIpc) is 3.33. The van der Waals surface area contributed by atoms with Crippen LogP contribution in [0.5, 0.6) is 0 Å². The average molecular weight is 431 g/mol. The van der Waals surface area contributed by atoms with Gasteiger partial charge in [0.15, 0.2) is 5.82 Å². The van der Waals surface area contributed by atoms with E-state index in [0.717, 1.165) is 31.5 Å². The number of nitrogens with zero attached hydrogens (tertiary/aromatic N) is 6. The topological polar surface area (TPSA) is 97.4 Å². The maximum absolute atomic E-state index is 13.1. The molecule has 1 aliphatic rings. The number of carbonyl (C=O) groups is 2. The van der Waals surface area contributed by atoms with Crippen molar-refractivity contribution in [3.8, 4) is 0 Å². The third-order valence-corrected chi connectivity index (χ3v) is 5.70. The van der Waals surface area contributed by atoms with E-state index in [1.54, 1.807) is 11.6 Å². The molecule has 2 amide bonds. The van der Waals surface area contributed by atoms with E-state index in [-0.39, 0.29) is 17.9 Å². The van der Waals surface area contributed by atoms with Crippen molar-refractivity contribution < 1.29 is 14.1 Å². The zero-order valence-corrected chi connectivity index (χ0v) is 19.3. The molecule has 0 N–H and O–H groups in total. The van der Waals surface area contributed by atoms with Gasteiger partial charge in [0.2, 0.25) is 11.8 Å². The summed E-state index contributed by atoms with van der Waals surface area (Å²) < 4.78 is 7.09. The Hall–Kier alpha value is -2.71. The fraction of sp³-hybridized carbons (Fsp3) is 0.682. The molecular weight excluding hydrogens is 396 g/mol. The van der Waals surface area contributed by atoms with Crippen LogP contribution in [0.2, 0.25) is 0 Å². The lowest BCUT2D eigenvalue weighted by molar-refractivity contribution is -0.132. The molecule has 31 heavy (non-hydrogen) atoms. The molecular formula is C22H34N6O3. The highest BCUT2D eigenvalue weighted by Gasteiger charge is 2.31. The number of carbonyl (C=O) groups excluding carboxylic acids is 2. The third kappa shape index (κ3) is 5.71. The number of hydrogen-bond donors (Lipinski definition) is 0. The van der Waals surface area contributed by atoms with Crippen molar-refractivity contribution in [1.29, 1.82) is 0 Å². The molecule has 3 rings (SSSR count). The fourth-order valence-electron chi connectivity index (χ4n) is 4.10. The molecule has 2 aromatic rings. The Bertz CT molecular complexity index is 903. The number of aryl methyl sites for hydroxylation is 2.